The number of para-hydroxylation sites is 1. The Balaban J connectivity index is 1.96. The number of hydrogen-bond donors (Lipinski definition) is 0. The van der Waals surface area contributed by atoms with Gasteiger partial charge in [0.15, 0.2) is 0 Å². The van der Waals surface area contributed by atoms with Crippen LogP contribution in [0.25, 0.3) is 22.0 Å². The van der Waals surface area contributed by atoms with Gasteiger partial charge in [-0.1, -0.05) is 55.5 Å². The first-order valence-electron chi connectivity index (χ1n) is 9.41. The summed E-state index contributed by atoms with van der Waals surface area (Å²) >= 11 is 0. The Kier molecular flexibility index (Phi) is 4.91. The first-order valence-corrected chi connectivity index (χ1v) is 9.41. The molecule has 148 valence electrons. The van der Waals surface area contributed by atoms with Gasteiger partial charge in [0.25, 0.3) is 0 Å². The van der Waals surface area contributed by atoms with Crippen molar-refractivity contribution >= 4 is 10.9 Å². The summed E-state index contributed by atoms with van der Waals surface area (Å²) in [6, 6.07) is 19.2. The minimum Gasteiger partial charge on any atom is -0.339 e. The van der Waals surface area contributed by atoms with Gasteiger partial charge in [0, 0.05) is 22.7 Å². The Morgan fingerprint density at radius 1 is 0.862 bits per heavy atom. The highest BCUT2D eigenvalue weighted by atomic mass is 19.4. The van der Waals surface area contributed by atoms with Crippen molar-refractivity contribution in [3.63, 3.8) is 0 Å². The summed E-state index contributed by atoms with van der Waals surface area (Å²) in [5.74, 6) is -0.333. The number of nitrogens with zero attached hydrogens (tertiary/aromatic N) is 1. The van der Waals surface area contributed by atoms with E-state index in [1.807, 2.05) is 41.8 Å². The van der Waals surface area contributed by atoms with Gasteiger partial charge in [-0.15, -0.1) is 0 Å². The maximum absolute atomic E-state index is 13.8. The van der Waals surface area contributed by atoms with Crippen LogP contribution in [0.15, 0.2) is 79.0 Å². The Morgan fingerprint density at radius 2 is 1.59 bits per heavy atom. The van der Waals surface area contributed by atoms with Gasteiger partial charge in [-0.05, 0) is 41.8 Å². The van der Waals surface area contributed by atoms with Crippen molar-refractivity contribution < 1.29 is 17.6 Å². The van der Waals surface area contributed by atoms with Crippen LogP contribution in [0, 0.1) is 5.82 Å². The molecule has 0 aliphatic rings. The molecule has 0 saturated heterocycles. The minimum atomic E-state index is -4.45. The third-order valence-corrected chi connectivity index (χ3v) is 5.22. The number of alkyl halides is 3. The smallest absolute Gasteiger partial charge is 0.339 e. The van der Waals surface area contributed by atoms with Crippen molar-refractivity contribution in [3.8, 4) is 11.1 Å². The Hall–Kier alpha value is -3.08. The molecule has 4 aromatic rings. The number of fused-ring (bicyclic) bond motifs is 1. The van der Waals surface area contributed by atoms with Crippen molar-refractivity contribution in [2.24, 2.45) is 0 Å². The van der Waals surface area contributed by atoms with E-state index in [1.165, 1.54) is 24.3 Å². The fourth-order valence-electron chi connectivity index (χ4n) is 3.95. The van der Waals surface area contributed by atoms with Gasteiger partial charge in [-0.3, -0.25) is 0 Å². The number of halogens is 4. The van der Waals surface area contributed by atoms with Gasteiger partial charge in [0.1, 0.15) is 5.82 Å². The fraction of sp³-hybridized carbons (Fsp3) is 0.167. The zero-order chi connectivity index (χ0) is 20.6. The molecular formula is C24H19F4N. The SMILES string of the molecule is CCC(c1cccc(F)c1)n1cc(-c2ccccc2C(F)(F)F)c2ccccc21. The topological polar surface area (TPSA) is 4.93 Å². The molecule has 3 aromatic carbocycles. The molecule has 0 fully saturated rings. The second-order valence-electron chi connectivity index (χ2n) is 6.99. The molecule has 0 radical (unpaired) electrons. The van der Waals surface area contributed by atoms with E-state index < -0.39 is 11.7 Å². The molecular weight excluding hydrogens is 378 g/mol. The van der Waals surface area contributed by atoms with Crippen LogP contribution < -0.4 is 0 Å². The average Bonchev–Trinajstić information content (AvgIpc) is 3.08. The molecule has 1 heterocycles. The lowest BCUT2D eigenvalue weighted by molar-refractivity contribution is -0.137. The number of hydrogen-bond acceptors (Lipinski definition) is 0. The summed E-state index contributed by atoms with van der Waals surface area (Å²) < 4.78 is 56.6. The van der Waals surface area contributed by atoms with Gasteiger partial charge in [-0.2, -0.15) is 13.2 Å². The molecule has 0 spiro atoms. The average molecular weight is 397 g/mol. The third-order valence-electron chi connectivity index (χ3n) is 5.22. The molecule has 1 aromatic heterocycles. The first-order chi connectivity index (χ1) is 13.9. The Bertz CT molecular complexity index is 1160. The van der Waals surface area contributed by atoms with Gasteiger partial charge < -0.3 is 4.57 Å². The van der Waals surface area contributed by atoms with Crippen molar-refractivity contribution in [2.45, 2.75) is 25.6 Å². The zero-order valence-corrected chi connectivity index (χ0v) is 15.7. The van der Waals surface area contributed by atoms with E-state index in [4.69, 9.17) is 0 Å². The quantitative estimate of drug-likeness (QED) is 0.315. The first kappa shape index (κ1) is 19.2. The number of aromatic nitrogens is 1. The van der Waals surface area contributed by atoms with Gasteiger partial charge in [0.2, 0.25) is 0 Å². The Morgan fingerprint density at radius 3 is 2.31 bits per heavy atom. The molecule has 0 N–H and O–H groups in total. The molecule has 5 heteroatoms. The van der Waals surface area contributed by atoms with E-state index in [9.17, 15) is 17.6 Å². The highest BCUT2D eigenvalue weighted by Gasteiger charge is 2.34. The molecule has 29 heavy (non-hydrogen) atoms. The number of rotatable bonds is 4. The van der Waals surface area contributed by atoms with E-state index in [-0.39, 0.29) is 17.4 Å². The summed E-state index contributed by atoms with van der Waals surface area (Å²) in [6.45, 7) is 1.98. The maximum atomic E-state index is 13.8. The standard InChI is InChI=1S/C24H19F4N/c1-2-22(16-8-7-9-17(25)14-16)29-15-20(19-11-4-6-13-23(19)29)18-10-3-5-12-21(18)24(26,27)28/h3-15,22H,2H2,1H3. The van der Waals surface area contributed by atoms with E-state index >= 15 is 0 Å². The summed E-state index contributed by atoms with van der Waals surface area (Å²) in [5.41, 5.74) is 1.59. The predicted molar refractivity (Wildman–Crippen MR) is 107 cm³/mol. The summed E-state index contributed by atoms with van der Waals surface area (Å²) in [4.78, 5) is 0. The van der Waals surface area contributed by atoms with E-state index in [0.717, 1.165) is 22.5 Å². The van der Waals surface area contributed by atoms with Crippen LogP contribution in [0.2, 0.25) is 0 Å². The van der Waals surface area contributed by atoms with Crippen LogP contribution in [0.4, 0.5) is 17.6 Å². The maximum Gasteiger partial charge on any atom is 0.417 e. The molecule has 1 atom stereocenters. The molecule has 0 amide bonds. The predicted octanol–water partition coefficient (Wildman–Crippen LogP) is 7.47. The van der Waals surface area contributed by atoms with E-state index in [2.05, 4.69) is 0 Å². The largest absolute Gasteiger partial charge is 0.417 e. The van der Waals surface area contributed by atoms with Crippen molar-refractivity contribution in [1.82, 2.24) is 4.57 Å². The third kappa shape index (κ3) is 3.53. The molecule has 4 rings (SSSR count). The summed E-state index contributed by atoms with van der Waals surface area (Å²) in [5, 5.41) is 0.735. The molecule has 0 bridgehead atoms. The monoisotopic (exact) mass is 397 g/mol. The van der Waals surface area contributed by atoms with Gasteiger partial charge in [-0.25, -0.2) is 4.39 Å². The lowest BCUT2D eigenvalue weighted by Crippen LogP contribution is -2.09. The van der Waals surface area contributed by atoms with Crippen molar-refractivity contribution in [2.75, 3.05) is 0 Å². The van der Waals surface area contributed by atoms with Crippen LogP contribution in [-0.2, 0) is 6.18 Å². The molecule has 1 unspecified atom stereocenters. The molecule has 0 aliphatic heterocycles. The second-order valence-corrected chi connectivity index (χ2v) is 6.99. The molecule has 0 aliphatic carbocycles. The molecule has 1 nitrogen and oxygen atoms in total. The Labute approximate surface area is 166 Å². The fourth-order valence-corrected chi connectivity index (χ4v) is 3.95. The second kappa shape index (κ2) is 7.39. The lowest BCUT2D eigenvalue weighted by Gasteiger charge is -2.19. The lowest BCUT2D eigenvalue weighted by atomic mass is 9.99. The van der Waals surface area contributed by atoms with E-state index in [0.29, 0.717) is 12.0 Å². The van der Waals surface area contributed by atoms with Crippen LogP contribution in [0.3, 0.4) is 0 Å². The minimum absolute atomic E-state index is 0.143. The highest BCUT2D eigenvalue weighted by molar-refractivity contribution is 5.97. The van der Waals surface area contributed by atoms with Crippen LogP contribution in [-0.4, -0.2) is 4.57 Å². The normalized spacial score (nSPS) is 13.0. The summed E-state index contributed by atoms with van der Waals surface area (Å²) in [6.07, 6.45) is -2.02. The van der Waals surface area contributed by atoms with Crippen LogP contribution >= 0.6 is 0 Å². The number of benzene rings is 3. The van der Waals surface area contributed by atoms with Gasteiger partial charge >= 0.3 is 6.18 Å². The van der Waals surface area contributed by atoms with Crippen LogP contribution in [0.5, 0.6) is 0 Å². The van der Waals surface area contributed by atoms with E-state index in [1.54, 1.807) is 18.3 Å². The molecule has 0 saturated carbocycles. The zero-order valence-electron chi connectivity index (χ0n) is 15.7. The van der Waals surface area contributed by atoms with Crippen molar-refractivity contribution in [1.29, 1.82) is 0 Å². The summed E-state index contributed by atoms with van der Waals surface area (Å²) in [7, 11) is 0. The van der Waals surface area contributed by atoms with Crippen molar-refractivity contribution in [3.05, 3.63) is 95.9 Å². The van der Waals surface area contributed by atoms with Gasteiger partial charge in [0.05, 0.1) is 11.6 Å². The van der Waals surface area contributed by atoms with Crippen LogP contribution in [0.1, 0.15) is 30.5 Å². The highest BCUT2D eigenvalue weighted by Crippen LogP contribution is 2.41.